The molecule has 0 radical (unpaired) electrons. The van der Waals surface area contributed by atoms with Crippen LogP contribution in [0.25, 0.3) is 16.9 Å². The van der Waals surface area contributed by atoms with Gasteiger partial charge in [0, 0.05) is 18.8 Å². The van der Waals surface area contributed by atoms with Gasteiger partial charge in [0.15, 0.2) is 17.0 Å². The molecule has 2 aromatic heterocycles. The zero-order valence-corrected chi connectivity index (χ0v) is 17.1. The average molecular weight is 416 g/mol. The molecule has 1 aliphatic heterocycles. The van der Waals surface area contributed by atoms with Crippen molar-refractivity contribution in [1.82, 2.24) is 19.5 Å². The van der Waals surface area contributed by atoms with E-state index in [0.717, 1.165) is 35.7 Å². The molecule has 0 amide bonds. The number of imidazole rings is 1. The Labute approximate surface area is 180 Å². The lowest BCUT2D eigenvalue weighted by Gasteiger charge is -2.27. The molecular formula is C23H24N6O2. The standard InChI is InChI=1S/C23H24N6O2/c1-3-7-18(8-4-1)29-17-25-20-21(24-11-14-31-19-9-5-2-6-10-19)26-23(27-22(20)29)28-12-15-30-16-13-28/h1-10,17H,11-16H2,(H,24,26,27). The molecule has 1 N–H and O–H groups in total. The van der Waals surface area contributed by atoms with Gasteiger partial charge in [-0.25, -0.2) is 4.98 Å². The molecule has 3 heterocycles. The van der Waals surface area contributed by atoms with Crippen LogP contribution in [0, 0.1) is 0 Å². The number of nitrogens with one attached hydrogen (secondary N) is 1. The van der Waals surface area contributed by atoms with Crippen molar-refractivity contribution in [2.24, 2.45) is 0 Å². The Morgan fingerprint density at radius 2 is 1.68 bits per heavy atom. The first-order valence-electron chi connectivity index (χ1n) is 10.4. The molecule has 0 unspecified atom stereocenters. The molecule has 4 aromatic rings. The number of ether oxygens (including phenoxy) is 2. The van der Waals surface area contributed by atoms with Crippen LogP contribution in [0.1, 0.15) is 0 Å². The van der Waals surface area contributed by atoms with Crippen LogP contribution >= 0.6 is 0 Å². The van der Waals surface area contributed by atoms with E-state index < -0.39 is 0 Å². The summed E-state index contributed by atoms with van der Waals surface area (Å²) in [4.78, 5) is 16.4. The Hall–Kier alpha value is -3.65. The summed E-state index contributed by atoms with van der Waals surface area (Å²) in [5, 5.41) is 3.39. The van der Waals surface area contributed by atoms with Gasteiger partial charge in [-0.3, -0.25) is 4.57 Å². The van der Waals surface area contributed by atoms with E-state index in [1.54, 1.807) is 6.33 Å². The minimum absolute atomic E-state index is 0.516. The van der Waals surface area contributed by atoms with Crippen LogP contribution < -0.4 is 15.0 Å². The van der Waals surface area contributed by atoms with Crippen LogP contribution in [0.15, 0.2) is 67.0 Å². The highest BCUT2D eigenvalue weighted by molar-refractivity contribution is 5.85. The molecule has 8 nitrogen and oxygen atoms in total. The van der Waals surface area contributed by atoms with Crippen LogP contribution in [-0.2, 0) is 4.74 Å². The van der Waals surface area contributed by atoms with Crippen LogP contribution in [0.5, 0.6) is 5.75 Å². The zero-order valence-electron chi connectivity index (χ0n) is 17.1. The Kier molecular flexibility index (Phi) is 5.62. The highest BCUT2D eigenvalue weighted by Crippen LogP contribution is 2.25. The molecule has 0 atom stereocenters. The van der Waals surface area contributed by atoms with Gasteiger partial charge in [0.1, 0.15) is 18.7 Å². The number of fused-ring (bicyclic) bond motifs is 1. The van der Waals surface area contributed by atoms with Gasteiger partial charge in [-0.15, -0.1) is 0 Å². The van der Waals surface area contributed by atoms with Crippen molar-refractivity contribution in [2.45, 2.75) is 0 Å². The largest absolute Gasteiger partial charge is 0.492 e. The molecule has 31 heavy (non-hydrogen) atoms. The van der Waals surface area contributed by atoms with Crippen molar-refractivity contribution in [2.75, 3.05) is 49.7 Å². The van der Waals surface area contributed by atoms with E-state index >= 15 is 0 Å². The minimum Gasteiger partial charge on any atom is -0.492 e. The van der Waals surface area contributed by atoms with Gasteiger partial charge in [0.05, 0.1) is 19.8 Å². The Morgan fingerprint density at radius 3 is 2.45 bits per heavy atom. The maximum absolute atomic E-state index is 5.80. The van der Waals surface area contributed by atoms with Crippen molar-refractivity contribution in [1.29, 1.82) is 0 Å². The van der Waals surface area contributed by atoms with E-state index in [9.17, 15) is 0 Å². The van der Waals surface area contributed by atoms with Crippen LogP contribution in [0.2, 0.25) is 0 Å². The van der Waals surface area contributed by atoms with Crippen molar-refractivity contribution in [3.05, 3.63) is 67.0 Å². The monoisotopic (exact) mass is 416 g/mol. The molecule has 1 saturated heterocycles. The van der Waals surface area contributed by atoms with E-state index in [1.165, 1.54) is 0 Å². The molecule has 8 heteroatoms. The molecule has 1 aliphatic rings. The van der Waals surface area contributed by atoms with Gasteiger partial charge in [-0.1, -0.05) is 36.4 Å². The fourth-order valence-electron chi connectivity index (χ4n) is 3.55. The fourth-order valence-corrected chi connectivity index (χ4v) is 3.55. The number of anilines is 2. The highest BCUT2D eigenvalue weighted by Gasteiger charge is 2.19. The summed E-state index contributed by atoms with van der Waals surface area (Å²) in [7, 11) is 0. The second kappa shape index (κ2) is 9.01. The minimum atomic E-state index is 0.516. The number of nitrogens with zero attached hydrogens (tertiary/aromatic N) is 5. The molecule has 2 aromatic carbocycles. The molecule has 5 rings (SSSR count). The summed E-state index contributed by atoms with van der Waals surface area (Å²) in [5.41, 5.74) is 2.52. The van der Waals surface area contributed by atoms with Gasteiger partial charge in [0.2, 0.25) is 5.95 Å². The van der Waals surface area contributed by atoms with Crippen molar-refractivity contribution >= 4 is 22.9 Å². The number of aromatic nitrogens is 4. The molecule has 1 fully saturated rings. The summed E-state index contributed by atoms with van der Waals surface area (Å²) >= 11 is 0. The molecular weight excluding hydrogens is 392 g/mol. The summed E-state index contributed by atoms with van der Waals surface area (Å²) in [6.07, 6.45) is 1.80. The van der Waals surface area contributed by atoms with Gasteiger partial charge in [-0.05, 0) is 24.3 Å². The summed E-state index contributed by atoms with van der Waals surface area (Å²) in [6.45, 7) is 3.99. The maximum Gasteiger partial charge on any atom is 0.229 e. The SMILES string of the molecule is c1ccc(OCCNc2nc(N3CCOCC3)nc3c2ncn3-c2ccccc2)cc1. The van der Waals surface area contributed by atoms with E-state index in [-0.39, 0.29) is 0 Å². The molecule has 0 spiro atoms. The number of hydrogen-bond acceptors (Lipinski definition) is 7. The highest BCUT2D eigenvalue weighted by atomic mass is 16.5. The number of rotatable bonds is 7. The second-order valence-corrected chi connectivity index (χ2v) is 7.18. The first-order valence-corrected chi connectivity index (χ1v) is 10.4. The summed E-state index contributed by atoms with van der Waals surface area (Å²) in [5.74, 6) is 2.23. The number of morpholine rings is 1. The first kappa shape index (κ1) is 19.3. The van der Waals surface area contributed by atoms with Crippen molar-refractivity contribution in [3.63, 3.8) is 0 Å². The topological polar surface area (TPSA) is 77.3 Å². The molecule has 0 saturated carbocycles. The lowest BCUT2D eigenvalue weighted by atomic mass is 10.3. The maximum atomic E-state index is 5.80. The summed E-state index contributed by atoms with van der Waals surface area (Å²) < 4.78 is 13.3. The van der Waals surface area contributed by atoms with E-state index in [1.807, 2.05) is 65.2 Å². The normalized spacial score (nSPS) is 14.0. The van der Waals surface area contributed by atoms with Crippen molar-refractivity contribution in [3.8, 4) is 11.4 Å². The van der Waals surface area contributed by atoms with Gasteiger partial charge in [0.25, 0.3) is 0 Å². The predicted molar refractivity (Wildman–Crippen MR) is 120 cm³/mol. The number of para-hydroxylation sites is 2. The third-order valence-electron chi connectivity index (χ3n) is 5.12. The molecule has 0 bridgehead atoms. The van der Waals surface area contributed by atoms with Gasteiger partial charge in [-0.2, -0.15) is 9.97 Å². The Balaban J connectivity index is 1.43. The van der Waals surface area contributed by atoms with Crippen molar-refractivity contribution < 1.29 is 9.47 Å². The number of benzene rings is 2. The number of hydrogen-bond donors (Lipinski definition) is 1. The Bertz CT molecular complexity index is 1130. The fraction of sp³-hybridized carbons (Fsp3) is 0.261. The third kappa shape index (κ3) is 4.29. The molecule has 0 aliphatic carbocycles. The van der Waals surface area contributed by atoms with E-state index in [0.29, 0.717) is 38.1 Å². The summed E-state index contributed by atoms with van der Waals surface area (Å²) in [6, 6.07) is 19.9. The van der Waals surface area contributed by atoms with E-state index in [4.69, 9.17) is 19.4 Å². The zero-order chi connectivity index (χ0) is 20.9. The first-order chi connectivity index (χ1) is 15.4. The van der Waals surface area contributed by atoms with Gasteiger partial charge < -0.3 is 19.7 Å². The average Bonchev–Trinajstić information content (AvgIpc) is 3.28. The lowest BCUT2D eigenvalue weighted by molar-refractivity contribution is 0.122. The van der Waals surface area contributed by atoms with Crippen LogP contribution in [-0.4, -0.2) is 59.0 Å². The second-order valence-electron chi connectivity index (χ2n) is 7.18. The predicted octanol–water partition coefficient (Wildman–Crippen LogP) is 3.14. The van der Waals surface area contributed by atoms with Gasteiger partial charge >= 0.3 is 0 Å². The Morgan fingerprint density at radius 1 is 0.935 bits per heavy atom. The van der Waals surface area contributed by atoms with Crippen LogP contribution in [0.3, 0.4) is 0 Å². The smallest absolute Gasteiger partial charge is 0.229 e. The third-order valence-corrected chi connectivity index (χ3v) is 5.12. The quantitative estimate of drug-likeness (QED) is 0.464. The van der Waals surface area contributed by atoms with Crippen LogP contribution in [0.4, 0.5) is 11.8 Å². The lowest BCUT2D eigenvalue weighted by Crippen LogP contribution is -2.37. The van der Waals surface area contributed by atoms with E-state index in [2.05, 4.69) is 15.2 Å². The molecule has 158 valence electrons.